The van der Waals surface area contributed by atoms with Gasteiger partial charge in [-0.1, -0.05) is 29.8 Å². The van der Waals surface area contributed by atoms with Crippen molar-refractivity contribution in [1.82, 2.24) is 0 Å². The Balaban J connectivity index is 2.44. The molecule has 17 heavy (non-hydrogen) atoms. The molecule has 0 saturated carbocycles. The molecule has 0 radical (unpaired) electrons. The second kappa shape index (κ2) is 3.77. The van der Waals surface area contributed by atoms with E-state index in [2.05, 4.69) is 0 Å². The molecule has 84 valence electrons. The number of fused-ring (bicyclic) bond motifs is 3. The summed E-state index contributed by atoms with van der Waals surface area (Å²) in [4.78, 5) is 0. The van der Waals surface area contributed by atoms with E-state index in [1.54, 1.807) is 6.07 Å². The van der Waals surface area contributed by atoms with Crippen molar-refractivity contribution in [2.24, 2.45) is 0 Å². The Morgan fingerprint density at radius 3 is 2.59 bits per heavy atom. The van der Waals surface area contributed by atoms with Gasteiger partial charge in [0.1, 0.15) is 11.2 Å². The van der Waals surface area contributed by atoms with Crippen LogP contribution in [-0.4, -0.2) is 17.2 Å². The van der Waals surface area contributed by atoms with E-state index in [0.717, 1.165) is 16.4 Å². The summed E-state index contributed by atoms with van der Waals surface area (Å²) >= 11 is 6.14. The highest BCUT2D eigenvalue weighted by Crippen LogP contribution is 2.32. The highest BCUT2D eigenvalue weighted by molar-refractivity contribution is 6.59. The summed E-state index contributed by atoms with van der Waals surface area (Å²) in [7, 11) is -1.55. The molecule has 2 aromatic carbocycles. The van der Waals surface area contributed by atoms with E-state index in [4.69, 9.17) is 26.1 Å². The van der Waals surface area contributed by atoms with Gasteiger partial charge >= 0.3 is 7.12 Å². The lowest BCUT2D eigenvalue weighted by molar-refractivity contribution is 0.425. The first kappa shape index (κ1) is 10.7. The van der Waals surface area contributed by atoms with Gasteiger partial charge in [0.05, 0.1) is 5.02 Å². The van der Waals surface area contributed by atoms with Crippen LogP contribution in [-0.2, 0) is 0 Å². The van der Waals surface area contributed by atoms with Crippen molar-refractivity contribution in [3.05, 3.63) is 41.4 Å². The van der Waals surface area contributed by atoms with Crippen LogP contribution in [0.4, 0.5) is 0 Å². The molecule has 0 unspecified atom stereocenters. The largest absolute Gasteiger partial charge is 0.488 e. The minimum Gasteiger partial charge on any atom is -0.456 e. The van der Waals surface area contributed by atoms with Crippen LogP contribution in [0, 0.1) is 0 Å². The molecule has 1 heterocycles. The minimum absolute atomic E-state index is 0.321. The van der Waals surface area contributed by atoms with E-state index in [-0.39, 0.29) is 0 Å². The molecule has 0 aliphatic heterocycles. The molecule has 0 amide bonds. The van der Waals surface area contributed by atoms with Crippen molar-refractivity contribution in [3.63, 3.8) is 0 Å². The lowest BCUT2D eigenvalue weighted by atomic mass is 9.80. The quantitative estimate of drug-likeness (QED) is 0.645. The van der Waals surface area contributed by atoms with Crippen molar-refractivity contribution in [2.75, 3.05) is 0 Å². The molecule has 0 spiro atoms. The van der Waals surface area contributed by atoms with Crippen LogP contribution in [0.1, 0.15) is 0 Å². The third-order valence-electron chi connectivity index (χ3n) is 2.75. The van der Waals surface area contributed by atoms with Gasteiger partial charge in [-0.2, -0.15) is 0 Å². The fraction of sp³-hybridized carbons (Fsp3) is 0. The molecule has 0 atom stereocenters. The third-order valence-corrected chi connectivity index (χ3v) is 3.05. The standard InChI is InChI=1S/C12H8BClO3/c14-9-5-7(13(15)16)6-11-12(9)8-3-1-2-4-10(8)17-11/h1-6,15-16H. The van der Waals surface area contributed by atoms with Crippen LogP contribution in [0.2, 0.25) is 5.02 Å². The van der Waals surface area contributed by atoms with E-state index in [1.807, 2.05) is 24.3 Å². The van der Waals surface area contributed by atoms with Gasteiger partial charge in [-0.15, -0.1) is 0 Å². The maximum Gasteiger partial charge on any atom is 0.488 e. The molecule has 2 N–H and O–H groups in total. The number of furan rings is 1. The molecule has 3 rings (SSSR count). The van der Waals surface area contributed by atoms with Crippen molar-refractivity contribution >= 4 is 46.1 Å². The Kier molecular flexibility index (Phi) is 2.36. The second-order valence-electron chi connectivity index (χ2n) is 3.85. The van der Waals surface area contributed by atoms with Crippen LogP contribution in [0.3, 0.4) is 0 Å². The van der Waals surface area contributed by atoms with Crippen molar-refractivity contribution in [3.8, 4) is 0 Å². The Hall–Kier alpha value is -1.49. The fourth-order valence-corrected chi connectivity index (χ4v) is 2.29. The first-order valence-electron chi connectivity index (χ1n) is 5.13. The van der Waals surface area contributed by atoms with Gasteiger partial charge in [0.15, 0.2) is 0 Å². The summed E-state index contributed by atoms with van der Waals surface area (Å²) < 4.78 is 5.62. The van der Waals surface area contributed by atoms with Crippen molar-refractivity contribution in [2.45, 2.75) is 0 Å². The molecule has 1 aromatic heterocycles. The maximum atomic E-state index is 9.14. The summed E-state index contributed by atoms with van der Waals surface area (Å²) in [5.74, 6) is 0. The lowest BCUT2D eigenvalue weighted by Gasteiger charge is -2.00. The van der Waals surface area contributed by atoms with Crippen LogP contribution in [0.25, 0.3) is 21.9 Å². The normalized spacial score (nSPS) is 11.2. The van der Waals surface area contributed by atoms with E-state index in [0.29, 0.717) is 16.1 Å². The van der Waals surface area contributed by atoms with E-state index in [1.165, 1.54) is 6.07 Å². The average Bonchev–Trinajstić information content (AvgIpc) is 2.67. The first-order chi connectivity index (χ1) is 8.16. The highest BCUT2D eigenvalue weighted by atomic mass is 35.5. The van der Waals surface area contributed by atoms with E-state index < -0.39 is 7.12 Å². The first-order valence-corrected chi connectivity index (χ1v) is 5.51. The second-order valence-corrected chi connectivity index (χ2v) is 4.25. The van der Waals surface area contributed by atoms with Gasteiger partial charge in [0.25, 0.3) is 0 Å². The molecule has 0 bridgehead atoms. The summed E-state index contributed by atoms with van der Waals surface area (Å²) in [6.45, 7) is 0. The summed E-state index contributed by atoms with van der Waals surface area (Å²) in [6, 6.07) is 10.7. The number of para-hydroxylation sites is 1. The topological polar surface area (TPSA) is 53.6 Å². The molecule has 0 fully saturated rings. The Bertz CT molecular complexity index is 705. The number of halogens is 1. The molecule has 0 saturated heterocycles. The molecular formula is C12H8BClO3. The molecule has 0 aliphatic carbocycles. The smallest absolute Gasteiger partial charge is 0.456 e. The maximum absolute atomic E-state index is 9.14. The fourth-order valence-electron chi connectivity index (χ4n) is 1.97. The molecule has 5 heteroatoms. The zero-order valence-electron chi connectivity index (χ0n) is 8.72. The molecule has 3 nitrogen and oxygen atoms in total. The number of hydrogen-bond acceptors (Lipinski definition) is 3. The predicted molar refractivity (Wildman–Crippen MR) is 68.6 cm³/mol. The van der Waals surface area contributed by atoms with E-state index in [9.17, 15) is 0 Å². The van der Waals surface area contributed by atoms with Crippen LogP contribution in [0.5, 0.6) is 0 Å². The number of hydrogen-bond donors (Lipinski definition) is 2. The zero-order chi connectivity index (χ0) is 12.0. The highest BCUT2D eigenvalue weighted by Gasteiger charge is 2.17. The summed E-state index contributed by atoms with van der Waals surface area (Å²) in [6.07, 6.45) is 0. The van der Waals surface area contributed by atoms with Gasteiger partial charge in [-0.25, -0.2) is 0 Å². The van der Waals surface area contributed by atoms with Crippen molar-refractivity contribution in [1.29, 1.82) is 0 Å². The van der Waals surface area contributed by atoms with Crippen LogP contribution < -0.4 is 5.46 Å². The Morgan fingerprint density at radius 1 is 1.06 bits per heavy atom. The number of benzene rings is 2. The van der Waals surface area contributed by atoms with Crippen LogP contribution >= 0.6 is 11.6 Å². The zero-order valence-corrected chi connectivity index (χ0v) is 9.48. The average molecular weight is 246 g/mol. The lowest BCUT2D eigenvalue weighted by Crippen LogP contribution is -2.29. The molecule has 3 aromatic rings. The Morgan fingerprint density at radius 2 is 1.82 bits per heavy atom. The SMILES string of the molecule is OB(O)c1cc(Cl)c2c(c1)oc1ccccc12. The van der Waals surface area contributed by atoms with Gasteiger partial charge in [0.2, 0.25) is 0 Å². The monoisotopic (exact) mass is 246 g/mol. The minimum atomic E-state index is -1.55. The summed E-state index contributed by atoms with van der Waals surface area (Å²) in [5, 5.41) is 20.5. The third kappa shape index (κ3) is 1.62. The van der Waals surface area contributed by atoms with Gasteiger partial charge in [0, 0.05) is 10.8 Å². The van der Waals surface area contributed by atoms with Gasteiger partial charge in [-0.3, -0.25) is 0 Å². The van der Waals surface area contributed by atoms with Crippen LogP contribution in [0.15, 0.2) is 40.8 Å². The van der Waals surface area contributed by atoms with Gasteiger partial charge in [-0.05, 0) is 23.7 Å². The molecule has 0 aliphatic rings. The predicted octanol–water partition coefficient (Wildman–Crippen LogP) is 1.92. The number of rotatable bonds is 1. The Labute approximate surface area is 102 Å². The van der Waals surface area contributed by atoms with Gasteiger partial charge < -0.3 is 14.5 Å². The van der Waals surface area contributed by atoms with E-state index >= 15 is 0 Å². The molecular weight excluding hydrogens is 238 g/mol. The summed E-state index contributed by atoms with van der Waals surface area (Å²) in [5.41, 5.74) is 1.61. The van der Waals surface area contributed by atoms with Crippen molar-refractivity contribution < 1.29 is 14.5 Å².